The molecule has 12 heteroatoms. The van der Waals surface area contributed by atoms with E-state index < -0.39 is 34.9 Å². The molecule has 0 aliphatic carbocycles. The molecule has 1 aromatic heterocycles. The SMILES string of the molecule is CCOC(=O)c1ccc(N2C(=O)[C@H]3[C@H](c4ccc(OC)cc4)c4sc(=O)n(CC(=O)Nc5ccc(C)cc5)c4S[C@H]3C2=O)cc1. The van der Waals surface area contributed by atoms with E-state index in [0.29, 0.717) is 32.6 Å². The molecule has 2 aliphatic heterocycles. The number of anilines is 2. The van der Waals surface area contributed by atoms with Crippen molar-refractivity contribution in [3.63, 3.8) is 0 Å². The topological polar surface area (TPSA) is 124 Å². The fraction of sp³-hybridized carbons (Fsp3) is 0.242. The van der Waals surface area contributed by atoms with Crippen LogP contribution in [0.4, 0.5) is 11.4 Å². The number of benzene rings is 3. The van der Waals surface area contributed by atoms with Gasteiger partial charge in [0.05, 0.1) is 35.9 Å². The van der Waals surface area contributed by atoms with Crippen molar-refractivity contribution < 1.29 is 28.7 Å². The minimum absolute atomic E-state index is 0.222. The fourth-order valence-electron chi connectivity index (χ4n) is 5.62. The largest absolute Gasteiger partial charge is 0.497 e. The summed E-state index contributed by atoms with van der Waals surface area (Å²) in [6.07, 6.45) is 0. The lowest BCUT2D eigenvalue weighted by molar-refractivity contribution is -0.122. The van der Waals surface area contributed by atoms with Gasteiger partial charge in [0.25, 0.3) is 0 Å². The van der Waals surface area contributed by atoms with Gasteiger partial charge in [-0.2, -0.15) is 0 Å². The minimum Gasteiger partial charge on any atom is -0.497 e. The van der Waals surface area contributed by atoms with Crippen LogP contribution in [-0.4, -0.2) is 47.2 Å². The number of amides is 3. The van der Waals surface area contributed by atoms with Crippen LogP contribution in [0.15, 0.2) is 82.6 Å². The number of esters is 1. The summed E-state index contributed by atoms with van der Waals surface area (Å²) in [5.41, 5.74) is 3.03. The van der Waals surface area contributed by atoms with Crippen LogP contribution in [0.5, 0.6) is 5.75 Å². The Kier molecular flexibility index (Phi) is 8.34. The monoisotopic (exact) mass is 643 g/mol. The summed E-state index contributed by atoms with van der Waals surface area (Å²) in [5, 5.41) is 2.48. The highest BCUT2D eigenvalue weighted by Crippen LogP contribution is 2.54. The Balaban J connectivity index is 1.37. The van der Waals surface area contributed by atoms with E-state index in [2.05, 4.69) is 5.32 Å². The van der Waals surface area contributed by atoms with Crippen molar-refractivity contribution in [1.82, 2.24) is 4.57 Å². The van der Waals surface area contributed by atoms with E-state index in [4.69, 9.17) is 9.47 Å². The number of carbonyl (C=O) groups excluding carboxylic acids is 4. The van der Waals surface area contributed by atoms with Gasteiger partial charge in [-0.3, -0.25) is 23.7 Å². The first-order chi connectivity index (χ1) is 21.7. The molecule has 230 valence electrons. The number of fused-ring (bicyclic) bond motifs is 2. The quantitative estimate of drug-likeness (QED) is 0.214. The first-order valence-electron chi connectivity index (χ1n) is 14.3. The van der Waals surface area contributed by atoms with Crippen molar-refractivity contribution in [2.45, 2.75) is 36.6 Å². The van der Waals surface area contributed by atoms with Gasteiger partial charge in [-0.15, -0.1) is 0 Å². The standard InChI is InChI=1S/C33H29N3O7S2/c1-4-43-32(40)20-7-13-22(14-8-20)36-29(38)26-25(19-9-15-23(42-3)16-10-19)28-31(44-27(26)30(36)39)35(33(41)45-28)17-24(37)34-21-11-5-18(2)6-12-21/h5-16,25-27H,4,17H2,1-3H3,(H,34,37)/t25-,26-,27+/m0/s1. The lowest BCUT2D eigenvalue weighted by atomic mass is 9.83. The van der Waals surface area contributed by atoms with Crippen LogP contribution in [0.2, 0.25) is 0 Å². The van der Waals surface area contributed by atoms with Crippen LogP contribution in [0.25, 0.3) is 0 Å². The van der Waals surface area contributed by atoms with Gasteiger partial charge in [-0.05, 0) is 67.9 Å². The summed E-state index contributed by atoms with van der Waals surface area (Å²) in [7, 11) is 1.55. The van der Waals surface area contributed by atoms with Gasteiger partial charge < -0.3 is 14.8 Å². The number of carbonyl (C=O) groups is 4. The Bertz CT molecular complexity index is 1850. The number of thiazole rings is 1. The van der Waals surface area contributed by atoms with E-state index in [1.165, 1.54) is 16.7 Å². The third-order valence-electron chi connectivity index (χ3n) is 7.80. The molecule has 1 N–H and O–H groups in total. The van der Waals surface area contributed by atoms with Gasteiger partial charge in [0.1, 0.15) is 17.5 Å². The van der Waals surface area contributed by atoms with Crippen molar-refractivity contribution >= 4 is 58.2 Å². The molecule has 3 amide bonds. The maximum atomic E-state index is 14.1. The molecule has 3 atom stereocenters. The van der Waals surface area contributed by atoms with E-state index in [-0.39, 0.29) is 23.9 Å². The third kappa shape index (κ3) is 5.67. The molecule has 1 fully saturated rings. The zero-order chi connectivity index (χ0) is 31.8. The number of aromatic nitrogens is 1. The molecule has 3 heterocycles. The molecule has 3 aromatic carbocycles. The molecule has 2 aliphatic rings. The second-order valence-corrected chi connectivity index (χ2v) is 12.8. The molecule has 10 nitrogen and oxygen atoms in total. The molecular weight excluding hydrogens is 615 g/mol. The molecule has 0 unspecified atom stereocenters. The highest BCUT2D eigenvalue weighted by molar-refractivity contribution is 8.00. The number of nitrogens with zero attached hydrogens (tertiary/aromatic N) is 2. The van der Waals surface area contributed by atoms with Crippen molar-refractivity contribution in [2.75, 3.05) is 23.9 Å². The number of rotatable bonds is 8. The van der Waals surface area contributed by atoms with Crippen molar-refractivity contribution in [3.05, 3.63) is 104 Å². The van der Waals surface area contributed by atoms with Crippen LogP contribution in [0, 0.1) is 12.8 Å². The summed E-state index contributed by atoms with van der Waals surface area (Å²) in [6, 6.07) is 20.7. The summed E-state index contributed by atoms with van der Waals surface area (Å²) in [5.74, 6) is -2.52. The normalized spacial score (nSPS) is 18.7. The van der Waals surface area contributed by atoms with Gasteiger partial charge in [-0.25, -0.2) is 9.69 Å². The number of hydrogen-bond acceptors (Lipinski definition) is 9. The molecule has 0 spiro atoms. The molecule has 0 saturated carbocycles. The summed E-state index contributed by atoms with van der Waals surface area (Å²) >= 11 is 2.12. The number of hydrogen-bond donors (Lipinski definition) is 1. The maximum absolute atomic E-state index is 14.1. The van der Waals surface area contributed by atoms with Crippen LogP contribution >= 0.6 is 23.1 Å². The predicted octanol–water partition coefficient (Wildman–Crippen LogP) is 4.84. The summed E-state index contributed by atoms with van der Waals surface area (Å²) < 4.78 is 11.8. The van der Waals surface area contributed by atoms with Gasteiger partial charge in [0.15, 0.2) is 0 Å². The second kappa shape index (κ2) is 12.4. The van der Waals surface area contributed by atoms with Crippen molar-refractivity contribution in [2.24, 2.45) is 5.92 Å². The summed E-state index contributed by atoms with van der Waals surface area (Å²) in [6.45, 7) is 3.63. The Morgan fingerprint density at radius 2 is 1.60 bits per heavy atom. The molecule has 1 saturated heterocycles. The van der Waals surface area contributed by atoms with Crippen molar-refractivity contribution in [3.8, 4) is 5.75 Å². The molecule has 45 heavy (non-hydrogen) atoms. The van der Waals surface area contributed by atoms with E-state index >= 15 is 0 Å². The van der Waals surface area contributed by atoms with E-state index in [9.17, 15) is 24.0 Å². The lowest BCUT2D eigenvalue weighted by Crippen LogP contribution is -2.33. The number of methoxy groups -OCH3 is 1. The molecule has 4 aromatic rings. The fourth-order valence-corrected chi connectivity index (χ4v) is 8.40. The Morgan fingerprint density at radius 3 is 2.24 bits per heavy atom. The molecular formula is C33H29N3O7S2. The Hall–Kier alpha value is -4.68. The Labute approximate surface area is 267 Å². The average Bonchev–Trinajstić information content (AvgIpc) is 3.48. The lowest BCUT2D eigenvalue weighted by Gasteiger charge is -2.30. The average molecular weight is 644 g/mol. The number of imide groups is 1. The maximum Gasteiger partial charge on any atom is 0.338 e. The van der Waals surface area contributed by atoms with E-state index in [1.807, 2.05) is 31.2 Å². The summed E-state index contributed by atoms with van der Waals surface area (Å²) in [4.78, 5) is 68.1. The number of aryl methyl sites for hydroxylation is 1. The number of ether oxygens (including phenoxy) is 2. The van der Waals surface area contributed by atoms with Crippen LogP contribution in [0.3, 0.4) is 0 Å². The highest BCUT2D eigenvalue weighted by Gasteiger charge is 2.56. The molecule has 6 rings (SSSR count). The molecule has 0 radical (unpaired) electrons. The molecule has 0 bridgehead atoms. The highest BCUT2D eigenvalue weighted by atomic mass is 32.2. The van der Waals surface area contributed by atoms with Crippen molar-refractivity contribution in [1.29, 1.82) is 0 Å². The predicted molar refractivity (Wildman–Crippen MR) is 171 cm³/mol. The van der Waals surface area contributed by atoms with Gasteiger partial charge in [-0.1, -0.05) is 52.9 Å². The Morgan fingerprint density at radius 1 is 0.911 bits per heavy atom. The number of thioether (sulfide) groups is 1. The van der Waals surface area contributed by atoms with Crippen LogP contribution in [0.1, 0.15) is 39.2 Å². The van der Waals surface area contributed by atoms with E-state index in [0.717, 1.165) is 39.1 Å². The number of nitrogens with one attached hydrogen (secondary N) is 1. The third-order valence-corrected chi connectivity index (χ3v) is 10.4. The zero-order valence-corrected chi connectivity index (χ0v) is 26.3. The minimum atomic E-state index is -0.845. The van der Waals surface area contributed by atoms with Crippen LogP contribution in [-0.2, 0) is 25.7 Å². The smallest absolute Gasteiger partial charge is 0.338 e. The first-order valence-corrected chi connectivity index (χ1v) is 16.0. The van der Waals surface area contributed by atoms with Gasteiger partial charge >= 0.3 is 10.8 Å². The van der Waals surface area contributed by atoms with Crippen LogP contribution < -0.4 is 19.8 Å². The second-order valence-electron chi connectivity index (χ2n) is 10.6. The van der Waals surface area contributed by atoms with E-state index in [1.54, 1.807) is 50.4 Å². The van der Waals surface area contributed by atoms with Gasteiger partial charge in [0, 0.05) is 16.5 Å². The first kappa shape index (κ1) is 30.4. The van der Waals surface area contributed by atoms with Gasteiger partial charge in [0.2, 0.25) is 17.7 Å². The zero-order valence-electron chi connectivity index (χ0n) is 24.6.